The molecule has 1 amide bonds. The van der Waals surface area contributed by atoms with Crippen LogP contribution in [-0.2, 0) is 4.79 Å². The molecule has 0 radical (unpaired) electrons. The number of hydrogen-bond acceptors (Lipinski definition) is 3. The zero-order valence-corrected chi connectivity index (χ0v) is 11.5. The smallest absolute Gasteiger partial charge is 0.329 e. The molecular formula is C15H13FN2O4. The summed E-state index contributed by atoms with van der Waals surface area (Å²) in [5.41, 5.74) is -1.60. The van der Waals surface area contributed by atoms with Crippen molar-refractivity contribution < 1.29 is 19.1 Å². The third-order valence-electron chi connectivity index (χ3n) is 4.02. The summed E-state index contributed by atoms with van der Waals surface area (Å²) >= 11 is 0. The lowest BCUT2D eigenvalue weighted by molar-refractivity contribution is -0.148. The van der Waals surface area contributed by atoms with Crippen LogP contribution in [0.4, 0.5) is 4.39 Å². The molecule has 3 rings (SSSR count). The molecule has 0 bridgehead atoms. The van der Waals surface area contributed by atoms with Gasteiger partial charge in [-0.25, -0.2) is 9.18 Å². The van der Waals surface area contributed by atoms with Gasteiger partial charge in [0.2, 0.25) is 5.56 Å². The van der Waals surface area contributed by atoms with Crippen molar-refractivity contribution in [3.05, 3.63) is 46.0 Å². The van der Waals surface area contributed by atoms with Crippen LogP contribution in [0.1, 0.15) is 29.6 Å². The van der Waals surface area contributed by atoms with Gasteiger partial charge < -0.3 is 15.4 Å². The lowest BCUT2D eigenvalue weighted by atomic mass is 9.76. The molecule has 1 aliphatic carbocycles. The third-order valence-corrected chi connectivity index (χ3v) is 4.02. The Bertz CT molecular complexity index is 839. The van der Waals surface area contributed by atoms with Gasteiger partial charge in [0.1, 0.15) is 11.4 Å². The number of pyridine rings is 1. The molecule has 2 aromatic rings. The summed E-state index contributed by atoms with van der Waals surface area (Å²) in [7, 11) is 0. The molecule has 7 heteroatoms. The number of nitrogens with one attached hydrogen (secondary N) is 2. The molecule has 0 saturated heterocycles. The molecule has 1 aromatic heterocycles. The number of H-pyrrole nitrogens is 1. The van der Waals surface area contributed by atoms with Crippen LogP contribution in [0.2, 0.25) is 0 Å². The number of carboxylic acid groups (broad SMARTS) is 1. The van der Waals surface area contributed by atoms with Crippen molar-refractivity contribution in [2.24, 2.45) is 0 Å². The first-order chi connectivity index (χ1) is 10.4. The quantitative estimate of drug-likeness (QED) is 0.798. The van der Waals surface area contributed by atoms with Crippen molar-refractivity contribution in [3.63, 3.8) is 0 Å². The summed E-state index contributed by atoms with van der Waals surface area (Å²) in [5.74, 6) is -2.28. The van der Waals surface area contributed by atoms with Crippen molar-refractivity contribution in [1.82, 2.24) is 10.3 Å². The van der Waals surface area contributed by atoms with Gasteiger partial charge in [0, 0.05) is 11.5 Å². The number of carbonyl (C=O) groups is 2. The molecule has 0 unspecified atom stereocenters. The number of halogens is 1. The molecular weight excluding hydrogens is 291 g/mol. The zero-order valence-electron chi connectivity index (χ0n) is 11.5. The minimum absolute atomic E-state index is 0.0336. The highest BCUT2D eigenvalue weighted by Gasteiger charge is 2.45. The Balaban J connectivity index is 2.04. The molecule has 0 spiro atoms. The van der Waals surface area contributed by atoms with E-state index in [2.05, 4.69) is 10.3 Å². The van der Waals surface area contributed by atoms with E-state index in [1.54, 1.807) is 0 Å². The number of amides is 1. The normalized spacial score (nSPS) is 16.0. The number of aromatic nitrogens is 1. The highest BCUT2D eigenvalue weighted by molar-refractivity contribution is 6.07. The zero-order chi connectivity index (χ0) is 15.9. The average molecular weight is 304 g/mol. The Morgan fingerprint density at radius 3 is 2.59 bits per heavy atom. The molecule has 1 saturated carbocycles. The highest BCUT2D eigenvalue weighted by atomic mass is 19.1. The summed E-state index contributed by atoms with van der Waals surface area (Å²) in [6.45, 7) is 0. The number of aliphatic carboxylic acids is 1. The fraction of sp³-hybridized carbons (Fsp3) is 0.267. The van der Waals surface area contributed by atoms with E-state index in [-0.39, 0.29) is 11.1 Å². The van der Waals surface area contributed by atoms with Crippen LogP contribution in [0.15, 0.2) is 29.1 Å². The molecule has 22 heavy (non-hydrogen) atoms. The molecule has 1 heterocycles. The maximum atomic E-state index is 13.2. The number of rotatable bonds is 3. The van der Waals surface area contributed by atoms with E-state index in [1.807, 2.05) is 0 Å². The molecule has 3 N–H and O–H groups in total. The van der Waals surface area contributed by atoms with Crippen LogP contribution in [0.3, 0.4) is 0 Å². The Labute approximate surface area is 124 Å². The van der Waals surface area contributed by atoms with Crippen LogP contribution in [-0.4, -0.2) is 27.5 Å². The van der Waals surface area contributed by atoms with Gasteiger partial charge in [-0.2, -0.15) is 0 Å². The maximum absolute atomic E-state index is 13.2. The second-order valence-corrected chi connectivity index (χ2v) is 5.43. The largest absolute Gasteiger partial charge is 0.480 e. The molecule has 0 aliphatic heterocycles. The first-order valence-corrected chi connectivity index (χ1v) is 6.80. The molecule has 6 nitrogen and oxygen atoms in total. The third kappa shape index (κ3) is 2.24. The monoisotopic (exact) mass is 304 g/mol. The summed E-state index contributed by atoms with van der Waals surface area (Å²) in [6, 6.07) is 4.76. The fourth-order valence-electron chi connectivity index (χ4n) is 2.63. The maximum Gasteiger partial charge on any atom is 0.329 e. The minimum Gasteiger partial charge on any atom is -0.480 e. The SMILES string of the molecule is O=C(NC1(C(=O)O)CCC1)c1cc(=O)[nH]c2cc(F)ccc12. The fourth-order valence-corrected chi connectivity index (χ4v) is 2.63. The van der Waals surface area contributed by atoms with Crippen LogP contribution in [0.5, 0.6) is 0 Å². The Kier molecular flexibility index (Phi) is 3.20. The van der Waals surface area contributed by atoms with Gasteiger partial charge >= 0.3 is 5.97 Å². The van der Waals surface area contributed by atoms with E-state index < -0.39 is 28.8 Å². The van der Waals surface area contributed by atoms with Crippen molar-refractivity contribution in [2.75, 3.05) is 0 Å². The molecule has 0 atom stereocenters. The average Bonchev–Trinajstić information content (AvgIpc) is 2.40. The Morgan fingerprint density at radius 2 is 2.00 bits per heavy atom. The van der Waals surface area contributed by atoms with E-state index in [1.165, 1.54) is 12.1 Å². The summed E-state index contributed by atoms with van der Waals surface area (Å²) in [5, 5.41) is 12.1. The topological polar surface area (TPSA) is 99.3 Å². The Hall–Kier alpha value is -2.70. The lowest BCUT2D eigenvalue weighted by Gasteiger charge is -2.38. The second-order valence-electron chi connectivity index (χ2n) is 5.43. The highest BCUT2D eigenvalue weighted by Crippen LogP contribution is 2.32. The van der Waals surface area contributed by atoms with E-state index in [9.17, 15) is 23.9 Å². The summed E-state index contributed by atoms with van der Waals surface area (Å²) in [6.07, 6.45) is 1.42. The number of carboxylic acids is 1. The van der Waals surface area contributed by atoms with Gasteiger partial charge in [-0.1, -0.05) is 0 Å². The van der Waals surface area contributed by atoms with Crippen molar-refractivity contribution in [3.8, 4) is 0 Å². The van der Waals surface area contributed by atoms with Crippen LogP contribution >= 0.6 is 0 Å². The van der Waals surface area contributed by atoms with Gasteiger partial charge in [0.25, 0.3) is 5.91 Å². The first-order valence-electron chi connectivity index (χ1n) is 6.80. The molecule has 1 aliphatic rings. The number of aromatic amines is 1. The van der Waals surface area contributed by atoms with Crippen LogP contribution < -0.4 is 10.9 Å². The standard InChI is InChI=1S/C15H13FN2O4/c16-8-2-3-9-10(7-12(19)17-11(9)6-8)13(20)18-15(14(21)22)4-1-5-15/h2-3,6-7H,1,4-5H2,(H,17,19)(H,18,20)(H,21,22). The van der Waals surface area contributed by atoms with Gasteiger partial charge in [0.05, 0.1) is 11.1 Å². The van der Waals surface area contributed by atoms with E-state index in [0.29, 0.717) is 24.6 Å². The predicted molar refractivity (Wildman–Crippen MR) is 76.2 cm³/mol. The van der Waals surface area contributed by atoms with Crippen molar-refractivity contribution >= 4 is 22.8 Å². The van der Waals surface area contributed by atoms with Gasteiger partial charge in [0.15, 0.2) is 0 Å². The van der Waals surface area contributed by atoms with Gasteiger partial charge in [-0.15, -0.1) is 0 Å². The molecule has 1 aromatic carbocycles. The van der Waals surface area contributed by atoms with E-state index in [0.717, 1.165) is 12.1 Å². The van der Waals surface area contributed by atoms with Crippen molar-refractivity contribution in [1.29, 1.82) is 0 Å². The Morgan fingerprint density at radius 1 is 1.27 bits per heavy atom. The lowest BCUT2D eigenvalue weighted by Crippen LogP contribution is -2.59. The summed E-state index contributed by atoms with van der Waals surface area (Å²) in [4.78, 5) is 37.8. The number of hydrogen-bond donors (Lipinski definition) is 3. The van der Waals surface area contributed by atoms with Crippen LogP contribution in [0, 0.1) is 5.82 Å². The predicted octanol–water partition coefficient (Wildman–Crippen LogP) is 1.40. The minimum atomic E-state index is -1.27. The second kappa shape index (κ2) is 4.94. The van der Waals surface area contributed by atoms with Gasteiger partial charge in [-0.05, 0) is 37.5 Å². The van der Waals surface area contributed by atoms with E-state index >= 15 is 0 Å². The molecule has 114 valence electrons. The molecule has 1 fully saturated rings. The number of fused-ring (bicyclic) bond motifs is 1. The van der Waals surface area contributed by atoms with Crippen LogP contribution in [0.25, 0.3) is 10.9 Å². The van der Waals surface area contributed by atoms with Crippen molar-refractivity contribution in [2.45, 2.75) is 24.8 Å². The summed E-state index contributed by atoms with van der Waals surface area (Å²) < 4.78 is 13.2. The number of benzene rings is 1. The van der Waals surface area contributed by atoms with E-state index in [4.69, 9.17) is 0 Å². The first kappa shape index (κ1) is 14.2. The number of carbonyl (C=O) groups excluding carboxylic acids is 1. The van der Waals surface area contributed by atoms with Gasteiger partial charge in [-0.3, -0.25) is 9.59 Å².